The molecule has 5 nitrogen and oxygen atoms in total. The molecule has 0 aliphatic heterocycles. The van der Waals surface area contributed by atoms with E-state index in [-0.39, 0.29) is 5.91 Å². The lowest BCUT2D eigenvalue weighted by Crippen LogP contribution is -2.13. The summed E-state index contributed by atoms with van der Waals surface area (Å²) in [6.07, 6.45) is 0. The number of methoxy groups -OCH3 is 2. The molecule has 6 heteroatoms. The molecule has 0 fully saturated rings. The number of aryl methyl sites for hydroxylation is 1. The summed E-state index contributed by atoms with van der Waals surface area (Å²) in [4.78, 5) is 12.5. The summed E-state index contributed by atoms with van der Waals surface area (Å²) >= 11 is 3.41. The van der Waals surface area contributed by atoms with Crippen molar-refractivity contribution in [2.75, 3.05) is 25.3 Å². The van der Waals surface area contributed by atoms with Gasteiger partial charge in [-0.15, -0.1) is 0 Å². The summed E-state index contributed by atoms with van der Waals surface area (Å²) < 4.78 is 11.1. The first-order valence-corrected chi connectivity index (χ1v) is 7.34. The van der Waals surface area contributed by atoms with Crippen LogP contribution < -0.4 is 20.5 Å². The molecular weight excluding hydrogens is 348 g/mol. The van der Waals surface area contributed by atoms with Gasteiger partial charge in [0.05, 0.1) is 19.9 Å². The smallest absolute Gasteiger partial charge is 0.255 e. The van der Waals surface area contributed by atoms with Crippen LogP contribution in [0.2, 0.25) is 0 Å². The fourth-order valence-electron chi connectivity index (χ4n) is 2.05. The second kappa shape index (κ2) is 6.70. The Balaban J connectivity index is 2.34. The Hall–Kier alpha value is -2.21. The lowest BCUT2D eigenvalue weighted by atomic mass is 10.1. The molecule has 0 heterocycles. The molecule has 3 N–H and O–H groups in total. The van der Waals surface area contributed by atoms with E-state index in [9.17, 15) is 4.79 Å². The fraction of sp³-hybridized carbons (Fsp3) is 0.188. The van der Waals surface area contributed by atoms with Crippen LogP contribution in [0.25, 0.3) is 0 Å². The van der Waals surface area contributed by atoms with Gasteiger partial charge >= 0.3 is 0 Å². The number of nitrogens with one attached hydrogen (secondary N) is 1. The zero-order chi connectivity index (χ0) is 16.3. The Morgan fingerprint density at radius 2 is 1.68 bits per heavy atom. The minimum Gasteiger partial charge on any atom is -0.497 e. The van der Waals surface area contributed by atoms with Crippen molar-refractivity contribution < 1.29 is 14.3 Å². The van der Waals surface area contributed by atoms with Crippen molar-refractivity contribution in [3.05, 3.63) is 45.9 Å². The van der Waals surface area contributed by atoms with Crippen LogP contribution in [-0.4, -0.2) is 20.1 Å². The van der Waals surface area contributed by atoms with Crippen LogP contribution in [0.4, 0.5) is 11.4 Å². The van der Waals surface area contributed by atoms with Gasteiger partial charge < -0.3 is 20.5 Å². The molecule has 0 aromatic heterocycles. The minimum absolute atomic E-state index is 0.259. The van der Waals surface area contributed by atoms with Crippen LogP contribution in [0, 0.1) is 6.92 Å². The Bertz CT molecular complexity index is 671. The van der Waals surface area contributed by atoms with Gasteiger partial charge in [-0.05, 0) is 52.7 Å². The molecule has 0 saturated carbocycles. The molecule has 22 heavy (non-hydrogen) atoms. The summed E-state index contributed by atoms with van der Waals surface area (Å²) in [6, 6.07) is 8.55. The number of ether oxygens (including phenoxy) is 2. The normalized spacial score (nSPS) is 10.2. The van der Waals surface area contributed by atoms with Crippen molar-refractivity contribution in [3.8, 4) is 11.5 Å². The molecule has 2 rings (SSSR count). The highest BCUT2D eigenvalue weighted by molar-refractivity contribution is 9.10. The second-order valence-electron chi connectivity index (χ2n) is 4.75. The van der Waals surface area contributed by atoms with Gasteiger partial charge in [0, 0.05) is 21.8 Å². The van der Waals surface area contributed by atoms with Crippen molar-refractivity contribution in [2.24, 2.45) is 0 Å². The van der Waals surface area contributed by atoms with Crippen LogP contribution in [0.15, 0.2) is 34.8 Å². The molecule has 0 saturated heterocycles. The zero-order valence-electron chi connectivity index (χ0n) is 12.6. The molecule has 0 radical (unpaired) electrons. The lowest BCUT2D eigenvalue weighted by Gasteiger charge is -2.13. The first kappa shape index (κ1) is 16.2. The van der Waals surface area contributed by atoms with E-state index in [0.29, 0.717) is 28.4 Å². The number of halogens is 1. The van der Waals surface area contributed by atoms with Crippen molar-refractivity contribution in [1.82, 2.24) is 0 Å². The van der Waals surface area contributed by atoms with Crippen LogP contribution in [0.5, 0.6) is 11.5 Å². The molecule has 0 unspecified atom stereocenters. The van der Waals surface area contributed by atoms with E-state index in [1.54, 1.807) is 30.3 Å². The van der Waals surface area contributed by atoms with Gasteiger partial charge in [-0.1, -0.05) is 0 Å². The number of anilines is 2. The van der Waals surface area contributed by atoms with E-state index in [1.807, 2.05) is 6.92 Å². The summed E-state index contributed by atoms with van der Waals surface area (Å²) in [5.41, 5.74) is 8.40. The average molecular weight is 365 g/mol. The van der Waals surface area contributed by atoms with Gasteiger partial charge in [0.2, 0.25) is 0 Å². The van der Waals surface area contributed by atoms with Crippen molar-refractivity contribution in [3.63, 3.8) is 0 Å². The number of nitrogen functional groups attached to an aromatic ring is 1. The highest BCUT2D eigenvalue weighted by Crippen LogP contribution is 2.30. The number of carbonyl (C=O) groups excluding carboxylic acids is 1. The van der Waals surface area contributed by atoms with E-state index in [1.165, 1.54) is 14.2 Å². The van der Waals surface area contributed by atoms with Crippen molar-refractivity contribution in [1.29, 1.82) is 0 Å². The Kier molecular flexibility index (Phi) is 4.92. The maximum absolute atomic E-state index is 12.5. The van der Waals surface area contributed by atoms with Crippen LogP contribution >= 0.6 is 15.9 Å². The monoisotopic (exact) mass is 364 g/mol. The minimum atomic E-state index is -0.259. The Morgan fingerprint density at radius 3 is 2.18 bits per heavy atom. The van der Waals surface area contributed by atoms with Crippen LogP contribution in [0.1, 0.15) is 15.9 Å². The standard InChI is InChI=1S/C16H17BrN2O3/c1-9-4-11(18)7-14(17)15(9)19-16(20)10-5-12(21-2)8-13(6-10)22-3/h4-8H,18H2,1-3H3,(H,19,20). The predicted molar refractivity (Wildman–Crippen MR) is 90.8 cm³/mol. The van der Waals surface area contributed by atoms with Gasteiger partial charge in [0.25, 0.3) is 5.91 Å². The summed E-state index contributed by atoms with van der Waals surface area (Å²) in [6.45, 7) is 1.88. The number of carbonyl (C=O) groups is 1. The number of hydrogen-bond acceptors (Lipinski definition) is 4. The number of amides is 1. The number of benzene rings is 2. The van der Waals surface area contributed by atoms with Crippen molar-refractivity contribution >= 4 is 33.2 Å². The van der Waals surface area contributed by atoms with Crippen LogP contribution in [0.3, 0.4) is 0 Å². The van der Waals surface area contributed by atoms with Gasteiger partial charge in [-0.25, -0.2) is 0 Å². The fourth-order valence-corrected chi connectivity index (χ4v) is 2.73. The molecule has 0 aliphatic carbocycles. The van der Waals surface area contributed by atoms with Crippen LogP contribution in [-0.2, 0) is 0 Å². The highest BCUT2D eigenvalue weighted by Gasteiger charge is 2.13. The number of rotatable bonds is 4. The molecule has 2 aromatic carbocycles. The molecule has 0 bridgehead atoms. The molecule has 0 atom stereocenters. The molecule has 1 amide bonds. The average Bonchev–Trinajstić information content (AvgIpc) is 2.49. The summed E-state index contributed by atoms with van der Waals surface area (Å²) in [7, 11) is 3.08. The maximum Gasteiger partial charge on any atom is 0.255 e. The van der Waals surface area contributed by atoms with E-state index in [0.717, 1.165) is 10.0 Å². The Labute approximate surface area is 137 Å². The SMILES string of the molecule is COc1cc(OC)cc(C(=O)Nc2c(C)cc(N)cc2Br)c1. The van der Waals surface area contributed by atoms with E-state index in [4.69, 9.17) is 15.2 Å². The topological polar surface area (TPSA) is 73.6 Å². The highest BCUT2D eigenvalue weighted by atomic mass is 79.9. The van der Waals surface area contributed by atoms with Gasteiger partial charge in [0.1, 0.15) is 11.5 Å². The second-order valence-corrected chi connectivity index (χ2v) is 5.60. The summed E-state index contributed by atoms with van der Waals surface area (Å²) in [5, 5.41) is 2.87. The largest absolute Gasteiger partial charge is 0.497 e. The summed E-state index contributed by atoms with van der Waals surface area (Å²) in [5.74, 6) is 0.848. The number of nitrogens with two attached hydrogens (primary N) is 1. The third-order valence-electron chi connectivity index (χ3n) is 3.16. The van der Waals surface area contributed by atoms with E-state index < -0.39 is 0 Å². The quantitative estimate of drug-likeness (QED) is 0.812. The third kappa shape index (κ3) is 3.51. The first-order chi connectivity index (χ1) is 10.4. The molecule has 2 aromatic rings. The number of hydrogen-bond donors (Lipinski definition) is 2. The Morgan fingerprint density at radius 1 is 1.09 bits per heavy atom. The van der Waals surface area contributed by atoms with Gasteiger partial charge in [-0.3, -0.25) is 4.79 Å². The van der Waals surface area contributed by atoms with E-state index >= 15 is 0 Å². The zero-order valence-corrected chi connectivity index (χ0v) is 14.2. The van der Waals surface area contributed by atoms with E-state index in [2.05, 4.69) is 21.2 Å². The first-order valence-electron chi connectivity index (χ1n) is 6.54. The molecule has 0 spiro atoms. The maximum atomic E-state index is 12.5. The molecule has 0 aliphatic rings. The molecule has 116 valence electrons. The molecular formula is C16H17BrN2O3. The third-order valence-corrected chi connectivity index (χ3v) is 3.79. The van der Waals surface area contributed by atoms with Gasteiger partial charge in [0.15, 0.2) is 0 Å². The lowest BCUT2D eigenvalue weighted by molar-refractivity contribution is 0.102. The predicted octanol–water partition coefficient (Wildman–Crippen LogP) is 3.61. The van der Waals surface area contributed by atoms with Gasteiger partial charge in [-0.2, -0.15) is 0 Å². The van der Waals surface area contributed by atoms with Crippen molar-refractivity contribution in [2.45, 2.75) is 6.92 Å².